The topological polar surface area (TPSA) is 106 Å². The molecule has 17 heavy (non-hydrogen) atoms. The molecule has 4 N–H and O–H groups in total. The molecule has 0 spiro atoms. The van der Waals surface area contributed by atoms with Gasteiger partial charge in [0.2, 0.25) is 0 Å². The first kappa shape index (κ1) is 13.0. The Kier molecular flexibility index (Phi) is 4.08. The van der Waals surface area contributed by atoms with Crippen LogP contribution in [0.2, 0.25) is 0 Å². The standard InChI is InChI=1S/C10H17N5O2/c1-4-7(9(11)14-17)12-10(16)8-5-6(2)15(3)13-8/h5,7,17H,4H2,1-3H3,(H2,11,14)(H,12,16). The average Bonchev–Trinajstić information content (AvgIpc) is 2.65. The molecule has 0 aliphatic heterocycles. The minimum absolute atomic E-state index is 0.0199. The van der Waals surface area contributed by atoms with Crippen molar-refractivity contribution in [1.82, 2.24) is 15.1 Å². The fourth-order valence-corrected chi connectivity index (χ4v) is 1.36. The van der Waals surface area contributed by atoms with E-state index in [9.17, 15) is 4.79 Å². The summed E-state index contributed by atoms with van der Waals surface area (Å²) in [6, 6.07) is 1.18. The molecule has 0 saturated heterocycles. The van der Waals surface area contributed by atoms with E-state index in [1.54, 1.807) is 17.8 Å². The van der Waals surface area contributed by atoms with E-state index < -0.39 is 6.04 Å². The van der Waals surface area contributed by atoms with E-state index in [4.69, 9.17) is 10.9 Å². The molecule has 0 aromatic carbocycles. The Balaban J connectivity index is 2.78. The summed E-state index contributed by atoms with van der Waals surface area (Å²) in [6.07, 6.45) is 0.535. The van der Waals surface area contributed by atoms with Crippen LogP contribution in [-0.2, 0) is 7.05 Å². The van der Waals surface area contributed by atoms with Crippen molar-refractivity contribution in [3.05, 3.63) is 17.5 Å². The summed E-state index contributed by atoms with van der Waals surface area (Å²) >= 11 is 0. The minimum atomic E-state index is -0.491. The van der Waals surface area contributed by atoms with Crippen LogP contribution in [0, 0.1) is 6.92 Å². The predicted octanol–water partition coefficient (Wildman–Crippen LogP) is -0.0167. The van der Waals surface area contributed by atoms with Crippen molar-refractivity contribution in [1.29, 1.82) is 0 Å². The van der Waals surface area contributed by atoms with E-state index in [0.29, 0.717) is 12.1 Å². The van der Waals surface area contributed by atoms with Crippen LogP contribution in [0.15, 0.2) is 11.2 Å². The Morgan fingerprint density at radius 3 is 2.82 bits per heavy atom. The lowest BCUT2D eigenvalue weighted by Gasteiger charge is -2.14. The summed E-state index contributed by atoms with van der Waals surface area (Å²) in [4.78, 5) is 11.8. The zero-order valence-electron chi connectivity index (χ0n) is 10.1. The Bertz CT molecular complexity index is 418. The number of aryl methyl sites for hydroxylation is 2. The number of hydrogen-bond acceptors (Lipinski definition) is 4. The van der Waals surface area contributed by atoms with E-state index in [0.717, 1.165) is 5.69 Å². The molecular weight excluding hydrogens is 222 g/mol. The van der Waals surface area contributed by atoms with Gasteiger partial charge in [-0.25, -0.2) is 0 Å². The van der Waals surface area contributed by atoms with Gasteiger partial charge in [-0.05, 0) is 19.4 Å². The van der Waals surface area contributed by atoms with E-state index in [1.807, 2.05) is 13.8 Å². The number of carbonyl (C=O) groups excluding carboxylic acids is 1. The summed E-state index contributed by atoms with van der Waals surface area (Å²) in [6.45, 7) is 3.68. The molecular formula is C10H17N5O2. The Morgan fingerprint density at radius 1 is 1.76 bits per heavy atom. The summed E-state index contributed by atoms with van der Waals surface area (Å²) in [5.41, 5.74) is 6.64. The number of rotatable bonds is 4. The van der Waals surface area contributed by atoms with Gasteiger partial charge in [0, 0.05) is 12.7 Å². The molecule has 94 valence electrons. The molecule has 1 aromatic heterocycles. The Labute approximate surface area is 99.3 Å². The molecule has 7 nitrogen and oxygen atoms in total. The fourth-order valence-electron chi connectivity index (χ4n) is 1.36. The van der Waals surface area contributed by atoms with Crippen molar-refractivity contribution < 1.29 is 10.0 Å². The van der Waals surface area contributed by atoms with E-state index in [-0.39, 0.29) is 11.7 Å². The number of hydrogen-bond donors (Lipinski definition) is 3. The lowest BCUT2D eigenvalue weighted by Crippen LogP contribution is -2.44. The molecule has 0 saturated carbocycles. The highest BCUT2D eigenvalue weighted by Gasteiger charge is 2.18. The normalized spacial score (nSPS) is 13.5. The van der Waals surface area contributed by atoms with Crippen molar-refractivity contribution >= 4 is 11.7 Å². The van der Waals surface area contributed by atoms with E-state index in [1.165, 1.54) is 0 Å². The fraction of sp³-hybridized carbons (Fsp3) is 0.500. The van der Waals surface area contributed by atoms with Crippen molar-refractivity contribution in [3.8, 4) is 0 Å². The molecule has 0 radical (unpaired) electrons. The Morgan fingerprint density at radius 2 is 2.41 bits per heavy atom. The highest BCUT2D eigenvalue weighted by atomic mass is 16.4. The molecule has 1 aromatic rings. The minimum Gasteiger partial charge on any atom is -0.409 e. The second kappa shape index (κ2) is 5.33. The monoisotopic (exact) mass is 239 g/mol. The van der Waals surface area contributed by atoms with E-state index in [2.05, 4.69) is 15.6 Å². The van der Waals surface area contributed by atoms with Gasteiger partial charge in [0.15, 0.2) is 5.84 Å². The van der Waals surface area contributed by atoms with Gasteiger partial charge in [0.1, 0.15) is 5.69 Å². The first-order chi connectivity index (χ1) is 7.99. The quantitative estimate of drug-likeness (QED) is 0.297. The van der Waals surface area contributed by atoms with Crippen molar-refractivity contribution in [2.24, 2.45) is 17.9 Å². The Hall–Kier alpha value is -2.05. The van der Waals surface area contributed by atoms with Crippen LogP contribution in [0.5, 0.6) is 0 Å². The van der Waals surface area contributed by atoms with Crippen LogP contribution in [0.1, 0.15) is 29.5 Å². The number of nitrogens with two attached hydrogens (primary N) is 1. The zero-order valence-corrected chi connectivity index (χ0v) is 10.1. The maximum Gasteiger partial charge on any atom is 0.272 e. The molecule has 7 heteroatoms. The number of amides is 1. The lowest BCUT2D eigenvalue weighted by atomic mass is 10.2. The number of carbonyl (C=O) groups is 1. The summed E-state index contributed by atoms with van der Waals surface area (Å²) < 4.78 is 1.61. The lowest BCUT2D eigenvalue weighted by molar-refractivity contribution is 0.0940. The number of nitrogens with one attached hydrogen (secondary N) is 1. The number of oxime groups is 1. The van der Waals surface area contributed by atoms with Gasteiger partial charge in [0.25, 0.3) is 5.91 Å². The first-order valence-electron chi connectivity index (χ1n) is 5.28. The number of nitrogens with zero attached hydrogens (tertiary/aromatic N) is 3. The van der Waals surface area contributed by atoms with Gasteiger partial charge in [-0.3, -0.25) is 9.48 Å². The summed E-state index contributed by atoms with van der Waals surface area (Å²) in [7, 11) is 1.76. The predicted molar refractivity (Wildman–Crippen MR) is 62.9 cm³/mol. The van der Waals surface area contributed by atoms with Gasteiger partial charge in [-0.15, -0.1) is 0 Å². The molecule has 0 aliphatic rings. The van der Waals surface area contributed by atoms with Crippen LogP contribution < -0.4 is 11.1 Å². The molecule has 0 aliphatic carbocycles. The average molecular weight is 239 g/mol. The molecule has 1 rings (SSSR count). The molecule has 1 atom stereocenters. The molecule has 1 amide bonds. The third-order valence-corrected chi connectivity index (χ3v) is 2.53. The van der Waals surface area contributed by atoms with Gasteiger partial charge < -0.3 is 16.3 Å². The van der Waals surface area contributed by atoms with Crippen LogP contribution in [0.25, 0.3) is 0 Å². The van der Waals surface area contributed by atoms with Crippen LogP contribution in [0.4, 0.5) is 0 Å². The molecule has 1 heterocycles. The molecule has 1 unspecified atom stereocenters. The maximum absolute atomic E-state index is 11.8. The van der Waals surface area contributed by atoms with Crippen LogP contribution in [0.3, 0.4) is 0 Å². The number of aromatic nitrogens is 2. The van der Waals surface area contributed by atoms with Crippen LogP contribution >= 0.6 is 0 Å². The summed E-state index contributed by atoms with van der Waals surface area (Å²) in [5, 5.41) is 18.1. The van der Waals surface area contributed by atoms with Crippen molar-refractivity contribution in [2.75, 3.05) is 0 Å². The van der Waals surface area contributed by atoms with E-state index >= 15 is 0 Å². The first-order valence-corrected chi connectivity index (χ1v) is 5.28. The van der Waals surface area contributed by atoms with Crippen molar-refractivity contribution in [3.63, 3.8) is 0 Å². The van der Waals surface area contributed by atoms with Crippen LogP contribution in [-0.4, -0.2) is 32.8 Å². The van der Waals surface area contributed by atoms with Gasteiger partial charge in [0.05, 0.1) is 6.04 Å². The second-order valence-corrected chi connectivity index (χ2v) is 3.75. The van der Waals surface area contributed by atoms with Crippen molar-refractivity contribution in [2.45, 2.75) is 26.3 Å². The second-order valence-electron chi connectivity index (χ2n) is 3.75. The highest BCUT2D eigenvalue weighted by Crippen LogP contribution is 2.02. The van der Waals surface area contributed by atoms with Gasteiger partial charge >= 0.3 is 0 Å². The molecule has 0 fully saturated rings. The third kappa shape index (κ3) is 2.96. The third-order valence-electron chi connectivity index (χ3n) is 2.53. The summed E-state index contributed by atoms with van der Waals surface area (Å²) in [5.74, 6) is -0.361. The zero-order chi connectivity index (χ0) is 13.0. The number of amidine groups is 1. The SMILES string of the molecule is CCC(NC(=O)c1cc(C)n(C)n1)/C(N)=N/O. The smallest absolute Gasteiger partial charge is 0.272 e. The molecule has 0 bridgehead atoms. The van der Waals surface area contributed by atoms with Gasteiger partial charge in [-0.1, -0.05) is 12.1 Å². The highest BCUT2D eigenvalue weighted by molar-refractivity contribution is 5.96. The largest absolute Gasteiger partial charge is 0.409 e. The maximum atomic E-state index is 11.8. The van der Waals surface area contributed by atoms with Gasteiger partial charge in [-0.2, -0.15) is 5.10 Å².